The number of rotatable bonds is 5. The first-order valence-electron chi connectivity index (χ1n) is 8.20. The Morgan fingerprint density at radius 3 is 2.92 bits per heavy atom. The molecule has 24 heavy (non-hydrogen) atoms. The molecule has 6 heteroatoms. The smallest absolute Gasteiger partial charge is 0.178 e. The molecule has 0 radical (unpaired) electrons. The van der Waals surface area contributed by atoms with Crippen LogP contribution in [-0.2, 0) is 22.8 Å². The van der Waals surface area contributed by atoms with Crippen molar-refractivity contribution >= 4 is 15.5 Å². The van der Waals surface area contributed by atoms with E-state index in [9.17, 15) is 8.42 Å². The van der Waals surface area contributed by atoms with Gasteiger partial charge in [0.2, 0.25) is 0 Å². The lowest BCUT2D eigenvalue weighted by Crippen LogP contribution is -2.33. The molecule has 0 saturated heterocycles. The number of aryl methyl sites for hydroxylation is 1. The van der Waals surface area contributed by atoms with E-state index in [1.807, 2.05) is 19.1 Å². The largest absolute Gasteiger partial charge is 0.398 e. The molecule has 0 atom stereocenters. The van der Waals surface area contributed by atoms with Gasteiger partial charge in [-0.3, -0.25) is 9.88 Å². The Hall–Kier alpha value is -1.92. The molecule has 2 N–H and O–H groups in total. The molecule has 0 unspecified atom stereocenters. The van der Waals surface area contributed by atoms with Crippen LogP contribution in [0.3, 0.4) is 0 Å². The summed E-state index contributed by atoms with van der Waals surface area (Å²) in [7, 11) is -3.22. The third kappa shape index (κ3) is 3.76. The minimum absolute atomic E-state index is 0.169. The highest BCUT2D eigenvalue weighted by Crippen LogP contribution is 2.22. The number of nitrogens with two attached hydrogens (primary N) is 1. The molecule has 0 bridgehead atoms. The second-order valence-corrected chi connectivity index (χ2v) is 8.45. The van der Waals surface area contributed by atoms with Crippen LogP contribution in [0, 0.1) is 6.92 Å². The summed E-state index contributed by atoms with van der Waals surface area (Å²) in [6.07, 6.45) is 3.23. The zero-order valence-electron chi connectivity index (χ0n) is 13.9. The highest BCUT2D eigenvalue weighted by Gasteiger charge is 2.20. The Morgan fingerprint density at radius 1 is 1.29 bits per heavy atom. The van der Waals surface area contributed by atoms with Gasteiger partial charge in [-0.1, -0.05) is 12.1 Å². The van der Waals surface area contributed by atoms with E-state index in [1.165, 1.54) is 0 Å². The Kier molecular flexibility index (Phi) is 4.87. The summed E-state index contributed by atoms with van der Waals surface area (Å²) in [5, 5.41) is 0. The Labute approximate surface area is 143 Å². The van der Waals surface area contributed by atoms with Crippen LogP contribution in [0.4, 0.5) is 5.69 Å². The summed E-state index contributed by atoms with van der Waals surface area (Å²) in [6, 6.07) is 8.93. The molecule has 2 aromatic rings. The molecule has 0 aliphatic carbocycles. The normalized spacial score (nSPS) is 15.2. The molecule has 5 nitrogen and oxygen atoms in total. The maximum Gasteiger partial charge on any atom is 0.178 e. The predicted molar refractivity (Wildman–Crippen MR) is 95.5 cm³/mol. The number of benzene rings is 1. The fourth-order valence-corrected chi connectivity index (χ4v) is 4.51. The van der Waals surface area contributed by atoms with Gasteiger partial charge in [0.1, 0.15) is 0 Å². The van der Waals surface area contributed by atoms with Crippen molar-refractivity contribution in [2.24, 2.45) is 0 Å². The molecular formula is C18H23N3O2S. The van der Waals surface area contributed by atoms with Gasteiger partial charge in [0.15, 0.2) is 9.84 Å². The van der Waals surface area contributed by atoms with E-state index in [-0.39, 0.29) is 5.75 Å². The van der Waals surface area contributed by atoms with Crippen molar-refractivity contribution in [1.29, 1.82) is 0 Å². The Bertz CT molecular complexity index is 834. The van der Waals surface area contributed by atoms with E-state index in [0.29, 0.717) is 11.3 Å². The number of nitrogen functional groups attached to an aromatic ring is 1. The average Bonchev–Trinajstić information content (AvgIpc) is 2.55. The van der Waals surface area contributed by atoms with Crippen molar-refractivity contribution in [2.45, 2.75) is 31.2 Å². The maximum atomic E-state index is 12.4. The molecular weight excluding hydrogens is 322 g/mol. The van der Waals surface area contributed by atoms with Crippen LogP contribution in [0.5, 0.6) is 0 Å². The van der Waals surface area contributed by atoms with Gasteiger partial charge in [-0.25, -0.2) is 8.42 Å². The second-order valence-electron chi connectivity index (χ2n) is 6.34. The lowest BCUT2D eigenvalue weighted by molar-refractivity contribution is 0.253. The number of anilines is 1. The number of aromatic nitrogens is 1. The molecule has 1 aliphatic heterocycles. The van der Waals surface area contributed by atoms with E-state index >= 15 is 0 Å². The highest BCUT2D eigenvalue weighted by atomic mass is 32.2. The minimum Gasteiger partial charge on any atom is -0.398 e. The molecule has 128 valence electrons. The summed E-state index contributed by atoms with van der Waals surface area (Å²) >= 11 is 0. The lowest BCUT2D eigenvalue weighted by atomic mass is 10.0. The fraction of sp³-hybridized carbons (Fsp3) is 0.389. The van der Waals surface area contributed by atoms with Crippen molar-refractivity contribution in [3.05, 3.63) is 53.3 Å². The molecule has 0 spiro atoms. The minimum atomic E-state index is -3.22. The number of hydrogen-bond acceptors (Lipinski definition) is 5. The van der Waals surface area contributed by atoms with Crippen LogP contribution in [0.2, 0.25) is 0 Å². The molecule has 1 aromatic carbocycles. The molecule has 1 aliphatic rings. The van der Waals surface area contributed by atoms with E-state index in [0.717, 1.165) is 48.6 Å². The topological polar surface area (TPSA) is 76.3 Å². The van der Waals surface area contributed by atoms with Crippen LogP contribution in [0.15, 0.2) is 41.4 Å². The summed E-state index contributed by atoms with van der Waals surface area (Å²) < 4.78 is 24.9. The molecule has 1 aromatic heterocycles. The summed E-state index contributed by atoms with van der Waals surface area (Å²) in [5.74, 6) is 0.169. The quantitative estimate of drug-likeness (QED) is 0.899. The number of nitrogens with zero attached hydrogens (tertiary/aromatic N) is 2. The highest BCUT2D eigenvalue weighted by molar-refractivity contribution is 7.91. The Morgan fingerprint density at radius 2 is 2.12 bits per heavy atom. The van der Waals surface area contributed by atoms with E-state index < -0.39 is 9.84 Å². The third-order valence-corrected chi connectivity index (χ3v) is 6.26. The third-order valence-electron chi connectivity index (χ3n) is 4.46. The van der Waals surface area contributed by atoms with Crippen LogP contribution >= 0.6 is 0 Å². The average molecular weight is 345 g/mol. The van der Waals surface area contributed by atoms with Crippen molar-refractivity contribution in [1.82, 2.24) is 9.88 Å². The standard InChI is InChI=1S/C18H23N3O2S/c1-14-4-2-5-15(12-14)24(22,23)11-3-9-21-10-7-18-16(13-21)17(19)6-8-20-18/h2,4-6,8,12H,3,7,9-11,13H2,1H3,(H2,19,20). The monoisotopic (exact) mass is 345 g/mol. The van der Waals surface area contributed by atoms with Crippen molar-refractivity contribution in [2.75, 3.05) is 24.6 Å². The van der Waals surface area contributed by atoms with Crippen molar-refractivity contribution in [3.63, 3.8) is 0 Å². The van der Waals surface area contributed by atoms with Gasteiger partial charge in [0, 0.05) is 42.7 Å². The first-order chi connectivity index (χ1) is 11.5. The van der Waals surface area contributed by atoms with Gasteiger partial charge in [-0.05, 0) is 43.7 Å². The van der Waals surface area contributed by atoms with Crippen LogP contribution in [0.25, 0.3) is 0 Å². The van der Waals surface area contributed by atoms with Gasteiger partial charge < -0.3 is 5.73 Å². The second kappa shape index (κ2) is 6.91. The van der Waals surface area contributed by atoms with Crippen molar-refractivity contribution < 1.29 is 8.42 Å². The molecule has 0 saturated carbocycles. The van der Waals surface area contributed by atoms with E-state index in [2.05, 4.69) is 9.88 Å². The first kappa shape index (κ1) is 16.9. The lowest BCUT2D eigenvalue weighted by Gasteiger charge is -2.28. The predicted octanol–water partition coefficient (Wildman–Crippen LogP) is 2.19. The van der Waals surface area contributed by atoms with Crippen LogP contribution < -0.4 is 5.73 Å². The van der Waals surface area contributed by atoms with Crippen LogP contribution in [-0.4, -0.2) is 37.1 Å². The molecule has 3 rings (SSSR count). The number of hydrogen-bond donors (Lipinski definition) is 1. The van der Waals surface area contributed by atoms with E-state index in [4.69, 9.17) is 5.73 Å². The number of pyridine rings is 1. The van der Waals surface area contributed by atoms with Gasteiger partial charge in [0.25, 0.3) is 0 Å². The van der Waals surface area contributed by atoms with Gasteiger partial charge in [0.05, 0.1) is 10.6 Å². The summed E-state index contributed by atoms with van der Waals surface area (Å²) in [4.78, 5) is 7.05. The van der Waals surface area contributed by atoms with Crippen molar-refractivity contribution in [3.8, 4) is 0 Å². The van der Waals surface area contributed by atoms with Gasteiger partial charge >= 0.3 is 0 Å². The number of sulfone groups is 1. The fourth-order valence-electron chi connectivity index (χ4n) is 3.11. The summed E-state index contributed by atoms with van der Waals surface area (Å²) in [6.45, 7) is 4.30. The zero-order chi connectivity index (χ0) is 17.2. The van der Waals surface area contributed by atoms with Gasteiger partial charge in [-0.2, -0.15) is 0 Å². The SMILES string of the molecule is Cc1cccc(S(=O)(=O)CCCN2CCc3nccc(N)c3C2)c1. The molecule has 0 fully saturated rings. The maximum absolute atomic E-state index is 12.4. The van der Waals surface area contributed by atoms with Gasteiger partial charge in [-0.15, -0.1) is 0 Å². The molecule has 0 amide bonds. The molecule has 2 heterocycles. The first-order valence-corrected chi connectivity index (χ1v) is 9.85. The summed E-state index contributed by atoms with van der Waals surface area (Å²) in [5.41, 5.74) is 9.93. The number of fused-ring (bicyclic) bond motifs is 1. The Balaban J connectivity index is 1.58. The zero-order valence-corrected chi connectivity index (χ0v) is 14.7. The van der Waals surface area contributed by atoms with E-state index in [1.54, 1.807) is 24.4 Å². The van der Waals surface area contributed by atoms with Crippen LogP contribution in [0.1, 0.15) is 23.2 Å².